The van der Waals surface area contributed by atoms with Gasteiger partial charge in [0.2, 0.25) is 0 Å². The smallest absolute Gasteiger partial charge is 0.258 e. The zero-order valence-corrected chi connectivity index (χ0v) is 13.8. The van der Waals surface area contributed by atoms with Crippen LogP contribution in [0.3, 0.4) is 0 Å². The molecule has 0 spiro atoms. The van der Waals surface area contributed by atoms with Crippen molar-refractivity contribution in [3.8, 4) is 0 Å². The Balaban J connectivity index is 2.06. The maximum Gasteiger partial charge on any atom is 0.258 e. The second kappa shape index (κ2) is 5.79. The normalized spacial score (nSPS) is 21.3. The van der Waals surface area contributed by atoms with Crippen LogP contribution in [0.1, 0.15) is 11.6 Å². The number of amides is 1. The number of β-lactam (4-membered cyclic amide) rings is 1. The molecule has 2 aromatic rings. The van der Waals surface area contributed by atoms with Crippen molar-refractivity contribution in [2.24, 2.45) is 0 Å². The van der Waals surface area contributed by atoms with E-state index in [9.17, 15) is 13.2 Å². The Bertz CT molecular complexity index is 804. The fraction of sp³-hybridized carbons (Fsp3) is 0.235. The molecule has 1 aliphatic heterocycles. The largest absolute Gasteiger partial charge is 0.272 e. The maximum absolute atomic E-state index is 12.9. The van der Waals surface area contributed by atoms with Gasteiger partial charge in [-0.25, -0.2) is 13.4 Å². The van der Waals surface area contributed by atoms with E-state index in [0.717, 1.165) is 5.56 Å². The highest BCUT2D eigenvalue weighted by Gasteiger charge is 2.56. The Labute approximate surface area is 136 Å². The zero-order chi connectivity index (χ0) is 16.6. The first-order valence-electron chi connectivity index (χ1n) is 7.29. The van der Waals surface area contributed by atoms with E-state index in [0.29, 0.717) is 0 Å². The Hall–Kier alpha value is -2.18. The van der Waals surface area contributed by atoms with Gasteiger partial charge in [-0.1, -0.05) is 48.5 Å². The predicted molar refractivity (Wildman–Crippen MR) is 87.1 cm³/mol. The minimum Gasteiger partial charge on any atom is -0.272 e. The Morgan fingerprint density at radius 3 is 1.96 bits per heavy atom. The molecular weight excluding hydrogens is 312 g/mol. The summed E-state index contributed by atoms with van der Waals surface area (Å²) < 4.78 is 25.8. The van der Waals surface area contributed by atoms with Crippen LogP contribution in [0.4, 0.5) is 0 Å². The monoisotopic (exact) mass is 330 g/mol. The predicted octanol–water partition coefficient (Wildman–Crippen LogP) is 1.89. The van der Waals surface area contributed by atoms with Crippen LogP contribution in [0.5, 0.6) is 0 Å². The van der Waals surface area contributed by atoms with E-state index in [2.05, 4.69) is 0 Å². The lowest BCUT2D eigenvalue weighted by Gasteiger charge is -2.49. The van der Waals surface area contributed by atoms with Crippen LogP contribution in [0, 0.1) is 0 Å². The first kappa shape index (κ1) is 15.7. The number of hydrogen-bond acceptors (Lipinski definition) is 4. The van der Waals surface area contributed by atoms with Crippen LogP contribution < -0.4 is 0 Å². The van der Waals surface area contributed by atoms with Crippen molar-refractivity contribution < 1.29 is 13.2 Å². The van der Waals surface area contributed by atoms with Crippen molar-refractivity contribution in [2.45, 2.75) is 16.2 Å². The Kier molecular flexibility index (Phi) is 3.95. The number of carbonyl (C=O) groups is 1. The number of nitrogens with zero attached hydrogens (tertiary/aromatic N) is 2. The molecule has 1 aliphatic rings. The quantitative estimate of drug-likeness (QED) is 0.803. The SMILES string of the molecule is CN(C)N1C(=O)[C@H](S(=O)(=O)c2ccccc2)[C@H]1c1ccccc1. The van der Waals surface area contributed by atoms with Crippen LogP contribution in [-0.4, -0.2) is 43.7 Å². The highest BCUT2D eigenvalue weighted by Crippen LogP contribution is 2.41. The van der Waals surface area contributed by atoms with Crippen LogP contribution in [0.2, 0.25) is 0 Å². The van der Waals surface area contributed by atoms with Crippen molar-refractivity contribution in [2.75, 3.05) is 14.1 Å². The molecule has 0 bridgehead atoms. The molecule has 0 aromatic heterocycles. The van der Waals surface area contributed by atoms with Crippen molar-refractivity contribution in [1.29, 1.82) is 0 Å². The van der Waals surface area contributed by atoms with Crippen molar-refractivity contribution in [1.82, 2.24) is 10.0 Å². The number of benzene rings is 2. The molecule has 6 heteroatoms. The van der Waals surface area contributed by atoms with E-state index in [-0.39, 0.29) is 4.90 Å². The standard InChI is InChI=1S/C17H18N2O3S/c1-18(2)19-15(13-9-5-3-6-10-13)16(17(19)20)23(21,22)14-11-7-4-8-12-14/h3-12,15-16H,1-2H3/t15-,16-/m1/s1. The van der Waals surface area contributed by atoms with Gasteiger partial charge in [-0.05, 0) is 17.7 Å². The van der Waals surface area contributed by atoms with E-state index in [4.69, 9.17) is 0 Å². The highest BCUT2D eigenvalue weighted by atomic mass is 32.2. The van der Waals surface area contributed by atoms with Crippen LogP contribution in [-0.2, 0) is 14.6 Å². The topological polar surface area (TPSA) is 57.7 Å². The molecule has 1 saturated heterocycles. The van der Waals surface area contributed by atoms with Gasteiger partial charge in [0.05, 0.1) is 10.9 Å². The molecule has 5 nitrogen and oxygen atoms in total. The van der Waals surface area contributed by atoms with Gasteiger partial charge in [-0.3, -0.25) is 9.80 Å². The molecule has 3 rings (SSSR count). The van der Waals surface area contributed by atoms with E-state index < -0.39 is 27.0 Å². The van der Waals surface area contributed by atoms with Gasteiger partial charge in [-0.15, -0.1) is 0 Å². The van der Waals surface area contributed by atoms with E-state index >= 15 is 0 Å². The minimum absolute atomic E-state index is 0.178. The van der Waals surface area contributed by atoms with Crippen LogP contribution in [0.15, 0.2) is 65.6 Å². The van der Waals surface area contributed by atoms with E-state index in [1.165, 1.54) is 17.1 Å². The summed E-state index contributed by atoms with van der Waals surface area (Å²) in [6, 6.07) is 16.9. The lowest BCUT2D eigenvalue weighted by atomic mass is 9.95. The molecule has 2 aromatic carbocycles. The molecule has 0 saturated carbocycles. The average Bonchev–Trinajstić information content (AvgIpc) is 2.53. The zero-order valence-electron chi connectivity index (χ0n) is 13.0. The summed E-state index contributed by atoms with van der Waals surface area (Å²) in [6.45, 7) is 0. The number of hydrazine groups is 1. The molecule has 2 atom stereocenters. The van der Waals surface area contributed by atoms with Crippen LogP contribution >= 0.6 is 0 Å². The molecule has 0 radical (unpaired) electrons. The first-order chi connectivity index (χ1) is 10.9. The van der Waals surface area contributed by atoms with Crippen molar-refractivity contribution in [3.63, 3.8) is 0 Å². The molecule has 0 N–H and O–H groups in total. The molecule has 0 aliphatic carbocycles. The molecule has 1 fully saturated rings. The third kappa shape index (κ3) is 2.54. The van der Waals surface area contributed by atoms with Crippen LogP contribution in [0.25, 0.3) is 0 Å². The van der Waals surface area contributed by atoms with Crippen molar-refractivity contribution >= 4 is 15.7 Å². The number of rotatable bonds is 4. The summed E-state index contributed by atoms with van der Waals surface area (Å²) in [4.78, 5) is 12.7. The summed E-state index contributed by atoms with van der Waals surface area (Å²) in [5.74, 6) is -0.396. The molecule has 1 heterocycles. The first-order valence-corrected chi connectivity index (χ1v) is 8.83. The highest BCUT2D eigenvalue weighted by molar-refractivity contribution is 7.93. The summed E-state index contributed by atoms with van der Waals surface area (Å²) in [5, 5.41) is 2.03. The average molecular weight is 330 g/mol. The summed E-state index contributed by atoms with van der Waals surface area (Å²) in [6.07, 6.45) is 0. The lowest BCUT2D eigenvalue weighted by Crippen LogP contribution is -2.65. The fourth-order valence-corrected chi connectivity index (χ4v) is 4.73. The third-order valence-corrected chi connectivity index (χ3v) is 6.05. The molecular formula is C17H18N2O3S. The van der Waals surface area contributed by atoms with Gasteiger partial charge in [-0.2, -0.15) is 0 Å². The summed E-state index contributed by atoms with van der Waals surface area (Å²) in [5.41, 5.74) is 0.810. The van der Waals surface area contributed by atoms with Crippen molar-refractivity contribution in [3.05, 3.63) is 66.2 Å². The minimum atomic E-state index is -3.73. The Morgan fingerprint density at radius 1 is 0.913 bits per heavy atom. The lowest BCUT2D eigenvalue weighted by molar-refractivity contribution is -0.168. The van der Waals surface area contributed by atoms with E-state index in [1.807, 2.05) is 30.3 Å². The van der Waals surface area contributed by atoms with Gasteiger partial charge in [0.25, 0.3) is 5.91 Å². The molecule has 1 amide bonds. The maximum atomic E-state index is 12.9. The Morgan fingerprint density at radius 2 is 1.43 bits per heavy atom. The fourth-order valence-electron chi connectivity index (χ4n) is 2.92. The molecule has 120 valence electrons. The van der Waals surface area contributed by atoms with Gasteiger partial charge in [0.1, 0.15) is 0 Å². The summed E-state index contributed by atoms with van der Waals surface area (Å²) >= 11 is 0. The molecule has 0 unspecified atom stereocenters. The van der Waals surface area contributed by atoms with E-state index in [1.54, 1.807) is 37.3 Å². The second-order valence-corrected chi connectivity index (χ2v) is 7.73. The van der Waals surface area contributed by atoms with Gasteiger partial charge in [0.15, 0.2) is 15.1 Å². The van der Waals surface area contributed by atoms with Gasteiger partial charge in [0, 0.05) is 14.1 Å². The third-order valence-electron chi connectivity index (χ3n) is 4.00. The number of carbonyl (C=O) groups excluding carboxylic acids is 1. The van der Waals surface area contributed by atoms with Gasteiger partial charge >= 0.3 is 0 Å². The number of sulfone groups is 1. The second-order valence-electron chi connectivity index (χ2n) is 5.66. The molecule has 23 heavy (non-hydrogen) atoms. The summed E-state index contributed by atoms with van der Waals surface area (Å²) in [7, 11) is -0.262. The number of hydrogen-bond donors (Lipinski definition) is 0. The van der Waals surface area contributed by atoms with Gasteiger partial charge < -0.3 is 0 Å².